The molecule has 0 radical (unpaired) electrons. The number of rotatable bonds is 2. The average molecular weight is 278 g/mol. The molecule has 6 heteroatoms. The highest BCUT2D eigenvalue weighted by atomic mass is 35.5. The lowest BCUT2D eigenvalue weighted by Crippen LogP contribution is -1.92. The molecule has 0 amide bonds. The fourth-order valence-corrected chi connectivity index (χ4v) is 2.12. The average Bonchev–Trinajstić information content (AvgIpc) is 2.84. The summed E-state index contributed by atoms with van der Waals surface area (Å²) in [6.07, 6.45) is 4.93. The quantitative estimate of drug-likeness (QED) is 0.722. The van der Waals surface area contributed by atoms with E-state index in [1.807, 2.05) is 0 Å². The molecule has 0 aliphatic carbocycles. The molecule has 2 heterocycles. The van der Waals surface area contributed by atoms with E-state index in [0.29, 0.717) is 16.4 Å². The predicted octanol–water partition coefficient (Wildman–Crippen LogP) is 3.20. The maximum absolute atomic E-state index is 13.7. The van der Waals surface area contributed by atoms with Crippen LogP contribution in [0.3, 0.4) is 0 Å². The molecule has 19 heavy (non-hydrogen) atoms. The van der Waals surface area contributed by atoms with Gasteiger partial charge < -0.3 is 4.74 Å². The molecule has 0 atom stereocenters. The van der Waals surface area contributed by atoms with Gasteiger partial charge in [-0.15, -0.1) is 0 Å². The first-order valence-electron chi connectivity index (χ1n) is 5.52. The van der Waals surface area contributed by atoms with E-state index in [0.717, 1.165) is 5.69 Å². The Morgan fingerprint density at radius 1 is 1.32 bits per heavy atom. The second-order valence-electron chi connectivity index (χ2n) is 3.90. The molecule has 2 aromatic heterocycles. The van der Waals surface area contributed by atoms with Crippen molar-refractivity contribution in [2.24, 2.45) is 0 Å². The van der Waals surface area contributed by atoms with Crippen LogP contribution in [0.15, 0.2) is 36.8 Å². The molecule has 0 saturated carbocycles. The summed E-state index contributed by atoms with van der Waals surface area (Å²) < 4.78 is 20.4. The molecule has 4 nitrogen and oxygen atoms in total. The number of nitrogens with zero attached hydrogens (tertiary/aromatic N) is 3. The summed E-state index contributed by atoms with van der Waals surface area (Å²) in [5.41, 5.74) is 1.96. The topological polar surface area (TPSA) is 39.4 Å². The maximum atomic E-state index is 13.7. The van der Waals surface area contributed by atoms with Crippen LogP contribution >= 0.6 is 11.6 Å². The molecule has 0 unspecified atom stereocenters. The van der Waals surface area contributed by atoms with Crippen molar-refractivity contribution >= 4 is 17.2 Å². The zero-order chi connectivity index (χ0) is 13.4. The molecule has 0 N–H and O–H groups in total. The number of halogens is 2. The summed E-state index contributed by atoms with van der Waals surface area (Å²) in [6, 6.07) is 4.74. The van der Waals surface area contributed by atoms with E-state index >= 15 is 0 Å². The van der Waals surface area contributed by atoms with Gasteiger partial charge in [0.2, 0.25) is 0 Å². The van der Waals surface area contributed by atoms with Gasteiger partial charge in [-0.1, -0.05) is 11.6 Å². The second-order valence-corrected chi connectivity index (χ2v) is 4.26. The van der Waals surface area contributed by atoms with Gasteiger partial charge in [0.25, 0.3) is 0 Å². The third kappa shape index (κ3) is 1.92. The first-order chi connectivity index (χ1) is 9.20. The van der Waals surface area contributed by atoms with Gasteiger partial charge in [-0.25, -0.2) is 14.4 Å². The summed E-state index contributed by atoms with van der Waals surface area (Å²) in [7, 11) is 1.43. The van der Waals surface area contributed by atoms with Crippen LogP contribution in [0, 0.1) is 5.82 Å². The van der Waals surface area contributed by atoms with Crippen molar-refractivity contribution in [1.82, 2.24) is 14.4 Å². The molecule has 96 valence electrons. The van der Waals surface area contributed by atoms with E-state index in [-0.39, 0.29) is 5.75 Å². The number of benzene rings is 1. The Kier molecular flexibility index (Phi) is 2.83. The minimum atomic E-state index is -0.421. The molecular weight excluding hydrogens is 269 g/mol. The molecule has 0 saturated heterocycles. The number of aromatic nitrogens is 3. The van der Waals surface area contributed by atoms with Gasteiger partial charge >= 0.3 is 0 Å². The number of methoxy groups -OCH3 is 1. The SMILES string of the molecule is COc1ccc(-c2cnc3c(Cl)nccn23)cc1F. The van der Waals surface area contributed by atoms with Crippen molar-refractivity contribution < 1.29 is 9.13 Å². The first kappa shape index (κ1) is 11.9. The lowest BCUT2D eigenvalue weighted by molar-refractivity contribution is 0.386. The van der Waals surface area contributed by atoms with Crippen LogP contribution in [0.4, 0.5) is 4.39 Å². The van der Waals surface area contributed by atoms with Crippen LogP contribution in [-0.2, 0) is 0 Å². The monoisotopic (exact) mass is 277 g/mol. The lowest BCUT2D eigenvalue weighted by Gasteiger charge is -2.05. The highest BCUT2D eigenvalue weighted by Gasteiger charge is 2.11. The van der Waals surface area contributed by atoms with Gasteiger partial charge in [0.1, 0.15) is 0 Å². The van der Waals surface area contributed by atoms with E-state index in [4.69, 9.17) is 16.3 Å². The first-order valence-corrected chi connectivity index (χ1v) is 5.90. The summed E-state index contributed by atoms with van der Waals surface area (Å²) in [4.78, 5) is 8.13. The number of ether oxygens (including phenoxy) is 1. The van der Waals surface area contributed by atoms with E-state index in [1.165, 1.54) is 13.2 Å². The molecule has 3 aromatic rings. The third-order valence-electron chi connectivity index (χ3n) is 2.83. The van der Waals surface area contributed by atoms with Gasteiger partial charge in [0.05, 0.1) is 19.0 Å². The molecule has 0 aliphatic rings. The van der Waals surface area contributed by atoms with Crippen molar-refractivity contribution in [3.8, 4) is 17.0 Å². The van der Waals surface area contributed by atoms with Gasteiger partial charge in [-0.3, -0.25) is 4.40 Å². The number of fused-ring (bicyclic) bond motifs is 1. The van der Waals surface area contributed by atoms with E-state index in [9.17, 15) is 4.39 Å². The minimum Gasteiger partial charge on any atom is -0.494 e. The van der Waals surface area contributed by atoms with Crippen LogP contribution in [0.2, 0.25) is 5.15 Å². The van der Waals surface area contributed by atoms with Gasteiger partial charge in [-0.05, 0) is 18.2 Å². The molecule has 3 rings (SSSR count). The highest BCUT2D eigenvalue weighted by molar-refractivity contribution is 6.32. The molecule has 0 bridgehead atoms. The summed E-state index contributed by atoms with van der Waals surface area (Å²) >= 11 is 5.95. The second kappa shape index (κ2) is 4.51. The lowest BCUT2D eigenvalue weighted by atomic mass is 10.1. The Morgan fingerprint density at radius 2 is 2.16 bits per heavy atom. The zero-order valence-electron chi connectivity index (χ0n) is 9.97. The Hall–Kier alpha value is -2.14. The van der Waals surface area contributed by atoms with Crippen LogP contribution in [0.1, 0.15) is 0 Å². The Morgan fingerprint density at radius 3 is 2.89 bits per heavy atom. The zero-order valence-corrected chi connectivity index (χ0v) is 10.7. The fraction of sp³-hybridized carbons (Fsp3) is 0.0769. The number of hydrogen-bond acceptors (Lipinski definition) is 3. The molecular formula is C13H9ClFN3O. The van der Waals surface area contributed by atoms with Crippen molar-refractivity contribution in [1.29, 1.82) is 0 Å². The molecule has 0 spiro atoms. The predicted molar refractivity (Wildman–Crippen MR) is 69.9 cm³/mol. The van der Waals surface area contributed by atoms with E-state index < -0.39 is 5.82 Å². The van der Waals surface area contributed by atoms with Crippen molar-refractivity contribution in [3.05, 3.63) is 47.8 Å². The van der Waals surface area contributed by atoms with Gasteiger partial charge in [0, 0.05) is 18.0 Å². The largest absolute Gasteiger partial charge is 0.494 e. The Balaban J connectivity index is 2.19. The number of hydrogen-bond donors (Lipinski definition) is 0. The van der Waals surface area contributed by atoms with Crippen LogP contribution in [0.25, 0.3) is 16.9 Å². The molecule has 0 aliphatic heterocycles. The van der Waals surface area contributed by atoms with Gasteiger partial charge in [0.15, 0.2) is 22.4 Å². The van der Waals surface area contributed by atoms with Crippen LogP contribution in [-0.4, -0.2) is 21.5 Å². The summed E-state index contributed by atoms with van der Waals surface area (Å²) in [5.74, 6) is -0.215. The Labute approximate surface area is 113 Å². The van der Waals surface area contributed by atoms with Gasteiger partial charge in [-0.2, -0.15) is 0 Å². The minimum absolute atomic E-state index is 0.206. The van der Waals surface area contributed by atoms with Crippen LogP contribution in [0.5, 0.6) is 5.75 Å². The maximum Gasteiger partial charge on any atom is 0.175 e. The fourth-order valence-electron chi connectivity index (χ4n) is 1.93. The summed E-state index contributed by atoms with van der Waals surface area (Å²) in [6.45, 7) is 0. The van der Waals surface area contributed by atoms with Crippen molar-refractivity contribution in [2.45, 2.75) is 0 Å². The summed E-state index contributed by atoms with van der Waals surface area (Å²) in [5, 5.41) is 0.308. The third-order valence-corrected chi connectivity index (χ3v) is 3.10. The normalized spacial score (nSPS) is 10.9. The van der Waals surface area contributed by atoms with Crippen molar-refractivity contribution in [3.63, 3.8) is 0 Å². The molecule has 0 fully saturated rings. The highest BCUT2D eigenvalue weighted by Crippen LogP contribution is 2.27. The Bertz CT molecular complexity index is 757. The molecule has 1 aromatic carbocycles. The van der Waals surface area contributed by atoms with Crippen molar-refractivity contribution in [2.75, 3.05) is 7.11 Å². The van der Waals surface area contributed by atoms with Crippen LogP contribution < -0.4 is 4.74 Å². The smallest absolute Gasteiger partial charge is 0.175 e. The standard InChI is InChI=1S/C13H9ClFN3O/c1-19-11-3-2-8(6-9(11)15)10-7-17-13-12(14)16-4-5-18(10)13/h2-7H,1H3. The van der Waals surface area contributed by atoms with E-state index in [1.54, 1.807) is 35.1 Å². The van der Waals surface area contributed by atoms with E-state index in [2.05, 4.69) is 9.97 Å². The number of imidazole rings is 1.